The molecule has 0 aliphatic carbocycles. The van der Waals surface area contributed by atoms with Crippen molar-refractivity contribution in [1.82, 2.24) is 14.6 Å². The number of aromatic nitrogens is 1. The molecule has 0 fully saturated rings. The van der Waals surface area contributed by atoms with E-state index in [0.29, 0.717) is 13.0 Å². The van der Waals surface area contributed by atoms with Gasteiger partial charge in [-0.1, -0.05) is 13.0 Å². The Labute approximate surface area is 178 Å². The van der Waals surface area contributed by atoms with Gasteiger partial charge in [0.05, 0.1) is 11.5 Å². The third-order valence-corrected chi connectivity index (χ3v) is 5.86. The highest BCUT2D eigenvalue weighted by atomic mass is 32.2. The molecular formula is C21H31N3O5S. The van der Waals surface area contributed by atoms with Gasteiger partial charge in [0.25, 0.3) is 0 Å². The van der Waals surface area contributed by atoms with Crippen molar-refractivity contribution < 1.29 is 23.1 Å². The first kappa shape index (κ1) is 24.0. The number of sulfonamides is 1. The number of aliphatic hydroxyl groups excluding tert-OH is 1. The van der Waals surface area contributed by atoms with Gasteiger partial charge < -0.3 is 14.7 Å². The van der Waals surface area contributed by atoms with Crippen molar-refractivity contribution in [2.75, 3.05) is 26.2 Å². The highest BCUT2D eigenvalue weighted by Crippen LogP contribution is 2.18. The second kappa shape index (κ2) is 10.2. The topological polar surface area (TPSA) is 109 Å². The minimum absolute atomic E-state index is 0.00875. The predicted octanol–water partition coefficient (Wildman–Crippen LogP) is 2.77. The molecule has 1 unspecified atom stereocenters. The second-order valence-corrected chi connectivity index (χ2v) is 10.1. The van der Waals surface area contributed by atoms with Gasteiger partial charge in [0.2, 0.25) is 10.0 Å². The van der Waals surface area contributed by atoms with E-state index in [4.69, 9.17) is 4.74 Å². The van der Waals surface area contributed by atoms with Crippen LogP contribution in [0.4, 0.5) is 4.79 Å². The van der Waals surface area contributed by atoms with Crippen molar-refractivity contribution in [2.24, 2.45) is 5.92 Å². The molecular weight excluding hydrogens is 406 g/mol. The molecule has 0 aliphatic heterocycles. The molecule has 0 aliphatic rings. The van der Waals surface area contributed by atoms with Crippen LogP contribution in [0.5, 0.6) is 0 Å². The van der Waals surface area contributed by atoms with Crippen LogP contribution in [0.25, 0.3) is 10.8 Å². The van der Waals surface area contributed by atoms with E-state index in [1.807, 2.05) is 6.92 Å². The number of pyridine rings is 1. The summed E-state index contributed by atoms with van der Waals surface area (Å²) in [6, 6.07) is 6.67. The molecule has 0 saturated heterocycles. The Balaban J connectivity index is 1.92. The maximum atomic E-state index is 12.6. The van der Waals surface area contributed by atoms with Gasteiger partial charge in [0.1, 0.15) is 5.60 Å². The summed E-state index contributed by atoms with van der Waals surface area (Å²) in [6.45, 7) is 7.86. The van der Waals surface area contributed by atoms with Crippen molar-refractivity contribution in [3.63, 3.8) is 0 Å². The fraction of sp³-hybridized carbons (Fsp3) is 0.524. The molecule has 1 aromatic heterocycles. The van der Waals surface area contributed by atoms with Crippen LogP contribution < -0.4 is 4.72 Å². The van der Waals surface area contributed by atoms with Crippen LogP contribution in [0.15, 0.2) is 41.6 Å². The maximum absolute atomic E-state index is 12.6. The summed E-state index contributed by atoms with van der Waals surface area (Å²) in [5.74, 6) is 0.00875. The van der Waals surface area contributed by atoms with Gasteiger partial charge in [-0.2, -0.15) is 0 Å². The zero-order valence-corrected chi connectivity index (χ0v) is 18.8. The molecule has 0 radical (unpaired) electrons. The molecule has 0 bridgehead atoms. The van der Waals surface area contributed by atoms with E-state index in [1.165, 1.54) is 4.90 Å². The number of hydrogen-bond donors (Lipinski definition) is 2. The van der Waals surface area contributed by atoms with Crippen LogP contribution >= 0.6 is 0 Å². The van der Waals surface area contributed by atoms with Gasteiger partial charge in [-0.05, 0) is 56.7 Å². The van der Waals surface area contributed by atoms with Gasteiger partial charge in [-0.15, -0.1) is 0 Å². The van der Waals surface area contributed by atoms with Crippen molar-refractivity contribution in [2.45, 2.75) is 44.6 Å². The van der Waals surface area contributed by atoms with Crippen LogP contribution in [0.1, 0.15) is 34.1 Å². The largest absolute Gasteiger partial charge is 0.444 e. The number of rotatable bonds is 9. The molecule has 0 saturated carbocycles. The molecule has 30 heavy (non-hydrogen) atoms. The number of fused-ring (bicyclic) bond motifs is 1. The number of carbonyl (C=O) groups is 1. The van der Waals surface area contributed by atoms with Crippen molar-refractivity contribution >= 4 is 26.9 Å². The minimum Gasteiger partial charge on any atom is -0.444 e. The fourth-order valence-electron chi connectivity index (χ4n) is 2.92. The summed E-state index contributed by atoms with van der Waals surface area (Å²) in [5.41, 5.74) is -0.625. The zero-order valence-electron chi connectivity index (χ0n) is 18.0. The lowest BCUT2D eigenvalue weighted by Crippen LogP contribution is -2.41. The summed E-state index contributed by atoms with van der Waals surface area (Å²) >= 11 is 0. The molecule has 1 heterocycles. The predicted molar refractivity (Wildman–Crippen MR) is 116 cm³/mol. The normalized spacial score (nSPS) is 13.2. The van der Waals surface area contributed by atoms with Crippen molar-refractivity contribution in [3.05, 3.63) is 36.7 Å². The number of nitrogens with zero attached hydrogens (tertiary/aromatic N) is 2. The number of carbonyl (C=O) groups excluding carboxylic acids is 1. The first-order valence-electron chi connectivity index (χ1n) is 9.94. The molecule has 2 N–H and O–H groups in total. The molecule has 166 valence electrons. The third kappa shape index (κ3) is 7.23. The van der Waals surface area contributed by atoms with E-state index in [-0.39, 0.29) is 30.5 Å². The second-order valence-electron chi connectivity index (χ2n) is 8.33. The van der Waals surface area contributed by atoms with Crippen molar-refractivity contribution in [1.29, 1.82) is 0 Å². The molecule has 1 atom stereocenters. The van der Waals surface area contributed by atoms with Crippen molar-refractivity contribution in [3.8, 4) is 0 Å². The molecule has 8 nitrogen and oxygen atoms in total. The Morgan fingerprint density at radius 2 is 2.00 bits per heavy atom. The van der Waals surface area contributed by atoms with Crippen LogP contribution in [0, 0.1) is 5.92 Å². The summed E-state index contributed by atoms with van der Waals surface area (Å²) in [7, 11) is -3.64. The van der Waals surface area contributed by atoms with E-state index in [0.717, 1.165) is 10.8 Å². The van der Waals surface area contributed by atoms with E-state index < -0.39 is 21.7 Å². The number of ether oxygens (including phenoxy) is 1. The smallest absolute Gasteiger partial charge is 0.410 e. The molecule has 9 heteroatoms. The first-order valence-corrected chi connectivity index (χ1v) is 11.4. The SMILES string of the molecule is CC(CCNS(=O)(=O)c1ccc2cnccc2c1)CN(CCO)C(=O)OC(C)(C)C. The Morgan fingerprint density at radius 1 is 1.27 bits per heavy atom. The highest BCUT2D eigenvalue weighted by molar-refractivity contribution is 7.89. The summed E-state index contributed by atoms with van der Waals surface area (Å²) in [4.78, 5) is 18.0. The number of nitrogens with one attached hydrogen (secondary N) is 1. The number of benzene rings is 1. The van der Waals surface area contributed by atoms with Gasteiger partial charge in [0, 0.05) is 37.4 Å². The summed E-state index contributed by atoms with van der Waals surface area (Å²) < 4.78 is 33.2. The maximum Gasteiger partial charge on any atom is 0.410 e. The van der Waals surface area contributed by atoms with Crippen LogP contribution in [-0.4, -0.2) is 61.3 Å². The lowest BCUT2D eigenvalue weighted by atomic mass is 10.1. The number of aliphatic hydroxyl groups is 1. The van der Waals surface area contributed by atoms with Gasteiger partial charge in [-0.25, -0.2) is 17.9 Å². The lowest BCUT2D eigenvalue weighted by Gasteiger charge is -2.29. The standard InChI is InChI=1S/C21H31N3O5S/c1-16(15-24(11-12-25)20(26)29-21(2,3)4)7-10-23-30(27,28)19-6-5-18-14-22-9-8-17(18)13-19/h5-6,8-9,13-14,16,23,25H,7,10-12,15H2,1-4H3. The van der Waals surface area contributed by atoms with E-state index in [9.17, 15) is 18.3 Å². The zero-order chi connectivity index (χ0) is 22.4. The van der Waals surface area contributed by atoms with E-state index in [1.54, 1.807) is 57.4 Å². The van der Waals surface area contributed by atoms with E-state index >= 15 is 0 Å². The monoisotopic (exact) mass is 437 g/mol. The van der Waals surface area contributed by atoms with Gasteiger partial charge >= 0.3 is 6.09 Å². The van der Waals surface area contributed by atoms with Gasteiger partial charge in [0.15, 0.2) is 0 Å². The minimum atomic E-state index is -3.64. The molecule has 1 amide bonds. The molecule has 2 rings (SSSR count). The fourth-order valence-corrected chi connectivity index (χ4v) is 4.01. The Bertz CT molecular complexity index is 957. The molecule has 1 aromatic carbocycles. The van der Waals surface area contributed by atoms with Crippen LogP contribution in [0.2, 0.25) is 0 Å². The Hall–Kier alpha value is -2.23. The van der Waals surface area contributed by atoms with Crippen LogP contribution in [0.3, 0.4) is 0 Å². The molecule has 0 spiro atoms. The summed E-state index contributed by atoms with van der Waals surface area (Å²) in [6.07, 6.45) is 3.34. The first-order chi connectivity index (χ1) is 14.0. The lowest BCUT2D eigenvalue weighted by molar-refractivity contribution is 0.0190. The Kier molecular flexibility index (Phi) is 8.17. The van der Waals surface area contributed by atoms with Crippen LogP contribution in [-0.2, 0) is 14.8 Å². The average Bonchev–Trinajstić information content (AvgIpc) is 2.65. The quantitative estimate of drug-likeness (QED) is 0.624. The third-order valence-electron chi connectivity index (χ3n) is 4.41. The number of hydrogen-bond acceptors (Lipinski definition) is 6. The number of amides is 1. The molecule has 2 aromatic rings. The highest BCUT2D eigenvalue weighted by Gasteiger charge is 2.23. The Morgan fingerprint density at radius 3 is 2.67 bits per heavy atom. The summed E-state index contributed by atoms with van der Waals surface area (Å²) in [5, 5.41) is 10.9. The van der Waals surface area contributed by atoms with Gasteiger partial charge in [-0.3, -0.25) is 4.98 Å². The average molecular weight is 438 g/mol. The van der Waals surface area contributed by atoms with E-state index in [2.05, 4.69) is 9.71 Å².